The van der Waals surface area contributed by atoms with Crippen LogP contribution < -0.4 is 20.9 Å². The predicted molar refractivity (Wildman–Crippen MR) is 136 cm³/mol. The third kappa shape index (κ3) is 6.52. The number of nitrogens with one attached hydrogen (secondary N) is 3. The van der Waals surface area contributed by atoms with Crippen LogP contribution in [0.25, 0.3) is 11.0 Å². The first-order chi connectivity index (χ1) is 16.9. The third-order valence-electron chi connectivity index (χ3n) is 5.30. The number of amides is 3. The van der Waals surface area contributed by atoms with Crippen molar-refractivity contribution >= 4 is 46.1 Å². The molecule has 0 atom stereocenters. The van der Waals surface area contributed by atoms with Crippen molar-refractivity contribution in [3.8, 4) is 0 Å². The van der Waals surface area contributed by atoms with E-state index in [2.05, 4.69) is 35.8 Å². The molecule has 1 saturated heterocycles. The number of aromatic nitrogens is 3. The van der Waals surface area contributed by atoms with Gasteiger partial charge in [-0.1, -0.05) is 13.8 Å². The van der Waals surface area contributed by atoms with Crippen LogP contribution in [0.4, 0.5) is 32.3 Å². The second-order valence-corrected chi connectivity index (χ2v) is 7.57. The number of carbonyl (C=O) groups excluding carboxylic acids is 2. The maximum atomic E-state index is 14.2. The number of hydrogen-bond acceptors (Lipinski definition) is 7. The highest BCUT2D eigenvalue weighted by molar-refractivity contribution is 5.90. The minimum Gasteiger partial charge on any atom is -0.368 e. The molecule has 3 N–H and O–H groups in total. The zero-order valence-corrected chi connectivity index (χ0v) is 20.4. The van der Waals surface area contributed by atoms with Gasteiger partial charge in [-0.25, -0.2) is 19.2 Å². The number of hydrogen-bond donors (Lipinski definition) is 3. The molecule has 1 fully saturated rings. The number of halogens is 1. The lowest BCUT2D eigenvalue weighted by Crippen LogP contribution is -2.48. The van der Waals surface area contributed by atoms with Gasteiger partial charge >= 0.3 is 6.03 Å². The molecule has 10 nitrogen and oxygen atoms in total. The Morgan fingerprint density at radius 2 is 1.74 bits per heavy atom. The number of nitrogens with zero attached hydrogens (tertiary/aromatic N) is 5. The summed E-state index contributed by atoms with van der Waals surface area (Å²) in [6.07, 6.45) is 1.47. The molecular weight excluding hydrogens is 451 g/mol. The van der Waals surface area contributed by atoms with Crippen LogP contribution in [0.5, 0.6) is 0 Å². The second-order valence-electron chi connectivity index (χ2n) is 7.57. The molecule has 3 amide bonds. The molecule has 3 heterocycles. The molecule has 0 radical (unpaired) electrons. The Morgan fingerprint density at radius 1 is 1.06 bits per heavy atom. The van der Waals surface area contributed by atoms with Crippen LogP contribution in [0.2, 0.25) is 0 Å². The van der Waals surface area contributed by atoms with Gasteiger partial charge in [0.05, 0.1) is 0 Å². The summed E-state index contributed by atoms with van der Waals surface area (Å²) in [6.45, 7) is 10.8. The number of piperazine rings is 1. The fourth-order valence-electron chi connectivity index (χ4n) is 3.56. The molecule has 35 heavy (non-hydrogen) atoms. The van der Waals surface area contributed by atoms with Gasteiger partial charge in [0.15, 0.2) is 17.3 Å². The Labute approximate surface area is 204 Å². The summed E-state index contributed by atoms with van der Waals surface area (Å²) in [6, 6.07) is 8.51. The summed E-state index contributed by atoms with van der Waals surface area (Å²) in [4.78, 5) is 40.0. The number of benzene rings is 1. The lowest BCUT2D eigenvalue weighted by molar-refractivity contribution is -0.129. The Hall–Kier alpha value is -4.02. The van der Waals surface area contributed by atoms with Crippen LogP contribution in [0, 0.1) is 5.82 Å². The Bertz CT molecular complexity index is 1160. The number of fused-ring (bicyclic) bond motifs is 1. The molecule has 11 heteroatoms. The first-order valence-electron chi connectivity index (χ1n) is 11.7. The zero-order chi connectivity index (χ0) is 25.4. The number of anilines is 4. The van der Waals surface area contributed by atoms with Crippen LogP contribution in [-0.4, -0.2) is 64.5 Å². The van der Waals surface area contributed by atoms with E-state index in [1.165, 1.54) is 12.3 Å². The molecule has 0 spiro atoms. The monoisotopic (exact) mass is 482 g/mol. The van der Waals surface area contributed by atoms with Crippen molar-refractivity contribution in [2.24, 2.45) is 0 Å². The maximum absolute atomic E-state index is 14.2. The van der Waals surface area contributed by atoms with E-state index >= 15 is 0 Å². The van der Waals surface area contributed by atoms with E-state index in [0.29, 0.717) is 31.0 Å². The average Bonchev–Trinajstić information content (AvgIpc) is 2.86. The fraction of sp³-hybridized carbons (Fsp3) is 0.375. The molecule has 1 aliphatic rings. The lowest BCUT2D eigenvalue weighted by atomic mass is 10.2. The summed E-state index contributed by atoms with van der Waals surface area (Å²) in [5.74, 6) is -0.465. The number of urea groups is 1. The fourth-order valence-corrected chi connectivity index (χ4v) is 3.56. The molecule has 186 valence electrons. The van der Waals surface area contributed by atoms with E-state index in [1.807, 2.05) is 43.0 Å². The van der Waals surface area contributed by atoms with E-state index in [4.69, 9.17) is 0 Å². The van der Waals surface area contributed by atoms with Crippen molar-refractivity contribution in [1.29, 1.82) is 0 Å². The number of pyridine rings is 1. The third-order valence-corrected chi connectivity index (χ3v) is 5.30. The average molecular weight is 483 g/mol. The molecule has 1 aliphatic heterocycles. The van der Waals surface area contributed by atoms with Crippen LogP contribution in [0.1, 0.15) is 27.7 Å². The van der Waals surface area contributed by atoms with Gasteiger partial charge in [-0.2, -0.15) is 4.98 Å². The summed E-state index contributed by atoms with van der Waals surface area (Å²) < 4.78 is 14.2. The molecule has 4 rings (SSSR count). The molecule has 2 aromatic heterocycles. The Balaban J connectivity index is 0.00000167. The SMILES string of the molecule is CC.CCNC(=O)Nc1nc2nc(Nc3ccc(N4CCN(C(C)=O)CC4)cc3)ncc2cc1F. The van der Waals surface area contributed by atoms with E-state index in [0.717, 1.165) is 24.5 Å². The van der Waals surface area contributed by atoms with E-state index in [9.17, 15) is 14.0 Å². The van der Waals surface area contributed by atoms with Crippen LogP contribution in [0.15, 0.2) is 36.5 Å². The minimum atomic E-state index is -0.669. The number of rotatable bonds is 5. The second kappa shape index (κ2) is 11.9. The van der Waals surface area contributed by atoms with Crippen LogP contribution in [0.3, 0.4) is 0 Å². The molecule has 0 bridgehead atoms. The van der Waals surface area contributed by atoms with Gasteiger partial charge in [0.1, 0.15) is 0 Å². The van der Waals surface area contributed by atoms with Crippen molar-refractivity contribution in [2.45, 2.75) is 27.7 Å². The highest BCUT2D eigenvalue weighted by atomic mass is 19.1. The largest absolute Gasteiger partial charge is 0.368 e. The van der Waals surface area contributed by atoms with Gasteiger partial charge in [0.2, 0.25) is 11.9 Å². The highest BCUT2D eigenvalue weighted by Gasteiger charge is 2.18. The Kier molecular flexibility index (Phi) is 8.71. The van der Waals surface area contributed by atoms with Gasteiger partial charge in [-0.3, -0.25) is 10.1 Å². The first-order valence-corrected chi connectivity index (χ1v) is 11.7. The van der Waals surface area contributed by atoms with Crippen LogP contribution in [-0.2, 0) is 4.79 Å². The van der Waals surface area contributed by atoms with E-state index < -0.39 is 11.8 Å². The summed E-state index contributed by atoms with van der Waals surface area (Å²) in [5.41, 5.74) is 2.10. The lowest BCUT2D eigenvalue weighted by Gasteiger charge is -2.35. The minimum absolute atomic E-state index is 0.105. The first kappa shape index (κ1) is 25.6. The summed E-state index contributed by atoms with van der Waals surface area (Å²) in [5, 5.41) is 8.43. The quantitative estimate of drug-likeness (QED) is 0.507. The molecular formula is C24H31FN8O2. The standard InChI is InChI=1S/C22H25FN8O2.C2H6/c1-3-24-22(33)29-20-18(23)12-15-13-25-21(28-19(15)27-20)26-16-4-6-17(7-5-16)31-10-8-30(9-11-31)14(2)32;1-2/h4-7,12-13H,3,8-11H2,1-2H3,(H3,24,25,26,27,28,29,33);1-2H3. The van der Waals surface area contributed by atoms with Crippen molar-refractivity contribution < 1.29 is 14.0 Å². The number of carbonyl (C=O) groups is 2. The predicted octanol–water partition coefficient (Wildman–Crippen LogP) is 3.74. The maximum Gasteiger partial charge on any atom is 0.320 e. The zero-order valence-electron chi connectivity index (χ0n) is 20.4. The normalized spacial score (nSPS) is 13.1. The molecule has 0 unspecified atom stereocenters. The smallest absolute Gasteiger partial charge is 0.320 e. The highest BCUT2D eigenvalue weighted by Crippen LogP contribution is 2.23. The van der Waals surface area contributed by atoms with E-state index in [1.54, 1.807) is 13.8 Å². The van der Waals surface area contributed by atoms with Gasteiger partial charge in [-0.05, 0) is 37.3 Å². The molecule has 3 aromatic rings. The van der Waals surface area contributed by atoms with Gasteiger partial charge in [-0.15, -0.1) is 0 Å². The molecule has 1 aromatic carbocycles. The topological polar surface area (TPSA) is 115 Å². The van der Waals surface area contributed by atoms with Gasteiger partial charge < -0.3 is 20.4 Å². The summed E-state index contributed by atoms with van der Waals surface area (Å²) >= 11 is 0. The van der Waals surface area contributed by atoms with Gasteiger partial charge in [0, 0.05) is 62.6 Å². The van der Waals surface area contributed by atoms with Gasteiger partial charge in [0.25, 0.3) is 0 Å². The summed E-state index contributed by atoms with van der Waals surface area (Å²) in [7, 11) is 0. The Morgan fingerprint density at radius 3 is 2.37 bits per heavy atom. The van der Waals surface area contributed by atoms with Crippen molar-refractivity contribution in [3.05, 3.63) is 42.3 Å². The molecule has 0 aliphatic carbocycles. The van der Waals surface area contributed by atoms with Crippen molar-refractivity contribution in [2.75, 3.05) is 48.3 Å². The molecule has 0 saturated carbocycles. The van der Waals surface area contributed by atoms with Crippen molar-refractivity contribution in [1.82, 2.24) is 25.2 Å². The van der Waals surface area contributed by atoms with Crippen LogP contribution >= 0.6 is 0 Å². The van der Waals surface area contributed by atoms with Crippen molar-refractivity contribution in [3.63, 3.8) is 0 Å². The van der Waals surface area contributed by atoms with E-state index in [-0.39, 0.29) is 17.4 Å².